The zero-order chi connectivity index (χ0) is 23.5. The van der Waals surface area contributed by atoms with Gasteiger partial charge in [0.05, 0.1) is 21.9 Å². The van der Waals surface area contributed by atoms with E-state index in [1.165, 1.54) is 25.1 Å². The molecule has 33 heavy (non-hydrogen) atoms. The second kappa shape index (κ2) is 9.78. The van der Waals surface area contributed by atoms with Crippen LogP contribution in [0.1, 0.15) is 27.6 Å². The molecule has 8 nitrogen and oxygen atoms in total. The molecule has 0 bridgehead atoms. The van der Waals surface area contributed by atoms with E-state index in [2.05, 4.69) is 4.90 Å². The highest BCUT2D eigenvalue weighted by atomic mass is 32.2. The largest absolute Gasteiger partial charge is 0.369 e. The predicted molar refractivity (Wildman–Crippen MR) is 127 cm³/mol. The van der Waals surface area contributed by atoms with Crippen LogP contribution in [-0.4, -0.2) is 72.3 Å². The Morgan fingerprint density at radius 1 is 0.939 bits per heavy atom. The van der Waals surface area contributed by atoms with Gasteiger partial charge in [-0.25, -0.2) is 4.39 Å². The number of rotatable bonds is 5. The number of carbonyl (C=O) groups is 2. The number of nitro groups is 1. The van der Waals surface area contributed by atoms with Gasteiger partial charge in [-0.2, -0.15) is 11.8 Å². The summed E-state index contributed by atoms with van der Waals surface area (Å²) in [7, 11) is 0. The van der Waals surface area contributed by atoms with Crippen LogP contribution in [0.2, 0.25) is 0 Å². The molecule has 2 heterocycles. The van der Waals surface area contributed by atoms with E-state index in [0.29, 0.717) is 43.0 Å². The van der Waals surface area contributed by atoms with Gasteiger partial charge in [0.25, 0.3) is 11.6 Å². The van der Waals surface area contributed by atoms with Crippen LogP contribution in [0.15, 0.2) is 36.4 Å². The first-order valence-electron chi connectivity index (χ1n) is 10.8. The molecule has 2 saturated heterocycles. The minimum Gasteiger partial charge on any atom is -0.369 e. The van der Waals surface area contributed by atoms with Crippen molar-refractivity contribution in [3.05, 3.63) is 63.5 Å². The maximum atomic E-state index is 14.5. The van der Waals surface area contributed by atoms with Gasteiger partial charge < -0.3 is 14.7 Å². The van der Waals surface area contributed by atoms with Gasteiger partial charge in [0.1, 0.15) is 5.82 Å². The zero-order valence-electron chi connectivity index (χ0n) is 18.3. The number of nitrogens with zero attached hydrogens (tertiary/aromatic N) is 4. The first-order chi connectivity index (χ1) is 15.8. The standard InChI is InChI=1S/C23H25FN4O4S/c1-16(29)17-2-4-22(20(24)14-17)25-6-8-27(9-7-25)23(30)19-15-18(28(31)32)3-5-21(19)26-10-12-33-13-11-26/h2-5,14-15H,6-13H2,1H3. The van der Waals surface area contributed by atoms with Crippen LogP contribution in [0.4, 0.5) is 21.5 Å². The molecule has 2 aliphatic rings. The molecule has 2 aliphatic heterocycles. The van der Waals surface area contributed by atoms with Crippen LogP contribution < -0.4 is 9.80 Å². The third kappa shape index (κ3) is 4.95. The Labute approximate surface area is 195 Å². The number of Topliss-reactive ketones (excluding diaryl/α,β-unsaturated/α-hetero) is 1. The second-order valence-corrected chi connectivity index (χ2v) is 9.28. The average Bonchev–Trinajstić information content (AvgIpc) is 2.83. The van der Waals surface area contributed by atoms with Gasteiger partial charge in [0.15, 0.2) is 5.78 Å². The van der Waals surface area contributed by atoms with Gasteiger partial charge in [-0.15, -0.1) is 0 Å². The first kappa shape index (κ1) is 23.0. The molecule has 2 fully saturated rings. The van der Waals surface area contributed by atoms with E-state index in [9.17, 15) is 24.1 Å². The topological polar surface area (TPSA) is 87.0 Å². The predicted octanol–water partition coefficient (Wildman–Crippen LogP) is 3.45. The summed E-state index contributed by atoms with van der Waals surface area (Å²) in [4.78, 5) is 41.4. The third-order valence-electron chi connectivity index (χ3n) is 6.03. The van der Waals surface area contributed by atoms with Gasteiger partial charge >= 0.3 is 0 Å². The van der Waals surface area contributed by atoms with E-state index in [1.807, 2.05) is 16.7 Å². The van der Waals surface area contributed by atoms with Crippen LogP contribution in [0.25, 0.3) is 0 Å². The molecular formula is C23H25FN4O4S. The van der Waals surface area contributed by atoms with Crippen molar-refractivity contribution < 1.29 is 18.9 Å². The van der Waals surface area contributed by atoms with Crippen molar-refractivity contribution in [1.82, 2.24) is 4.90 Å². The Balaban J connectivity index is 1.52. The number of hydrogen-bond acceptors (Lipinski definition) is 7. The summed E-state index contributed by atoms with van der Waals surface area (Å²) >= 11 is 1.85. The van der Waals surface area contributed by atoms with Gasteiger partial charge in [0, 0.05) is 68.5 Å². The summed E-state index contributed by atoms with van der Waals surface area (Å²) < 4.78 is 14.5. The van der Waals surface area contributed by atoms with E-state index in [1.54, 1.807) is 23.1 Å². The van der Waals surface area contributed by atoms with E-state index in [-0.39, 0.29) is 17.4 Å². The highest BCUT2D eigenvalue weighted by Crippen LogP contribution is 2.30. The lowest BCUT2D eigenvalue weighted by atomic mass is 10.1. The van der Waals surface area contributed by atoms with Gasteiger partial charge in [-0.3, -0.25) is 19.7 Å². The number of ketones is 1. The lowest BCUT2D eigenvalue weighted by molar-refractivity contribution is -0.384. The fourth-order valence-electron chi connectivity index (χ4n) is 4.19. The fourth-order valence-corrected chi connectivity index (χ4v) is 5.10. The Morgan fingerprint density at radius 2 is 1.58 bits per heavy atom. The van der Waals surface area contributed by atoms with E-state index >= 15 is 0 Å². The molecule has 0 N–H and O–H groups in total. The Kier molecular flexibility index (Phi) is 6.83. The van der Waals surface area contributed by atoms with Gasteiger partial charge in [0.2, 0.25) is 0 Å². The summed E-state index contributed by atoms with van der Waals surface area (Å²) in [6, 6.07) is 8.91. The van der Waals surface area contributed by atoms with Gasteiger partial charge in [-0.1, -0.05) is 0 Å². The molecule has 2 aromatic rings. The quantitative estimate of drug-likeness (QED) is 0.374. The molecule has 1 amide bonds. The molecule has 10 heteroatoms. The molecular weight excluding hydrogens is 447 g/mol. The van der Waals surface area contributed by atoms with Crippen LogP contribution in [0.5, 0.6) is 0 Å². The number of non-ortho nitro benzene ring substituents is 1. The summed E-state index contributed by atoms with van der Waals surface area (Å²) in [6.07, 6.45) is 0. The first-order valence-corrected chi connectivity index (χ1v) is 12.0. The summed E-state index contributed by atoms with van der Waals surface area (Å²) in [5.41, 5.74) is 1.66. The van der Waals surface area contributed by atoms with Crippen LogP contribution in [0, 0.1) is 15.9 Å². The van der Waals surface area contributed by atoms with E-state index < -0.39 is 10.7 Å². The highest BCUT2D eigenvalue weighted by Gasteiger charge is 2.28. The maximum absolute atomic E-state index is 14.5. The summed E-state index contributed by atoms with van der Waals surface area (Å²) in [5.74, 6) is 0.968. The second-order valence-electron chi connectivity index (χ2n) is 8.06. The van der Waals surface area contributed by atoms with Crippen molar-refractivity contribution >= 4 is 40.5 Å². The minimum atomic E-state index is -0.488. The van der Waals surface area contributed by atoms with E-state index in [0.717, 1.165) is 30.3 Å². The Hall–Kier alpha value is -3.14. The Morgan fingerprint density at radius 3 is 2.18 bits per heavy atom. The molecule has 0 atom stereocenters. The molecule has 174 valence electrons. The monoisotopic (exact) mass is 472 g/mol. The SMILES string of the molecule is CC(=O)c1ccc(N2CCN(C(=O)c3cc([N+](=O)[O-])ccc3N3CCSCC3)CC2)c(F)c1. The number of thioether (sulfide) groups is 1. The summed E-state index contributed by atoms with van der Waals surface area (Å²) in [6.45, 7) is 4.54. The van der Waals surface area contributed by atoms with Crippen LogP contribution >= 0.6 is 11.8 Å². The van der Waals surface area contributed by atoms with Crippen LogP contribution in [-0.2, 0) is 0 Å². The molecule has 4 rings (SSSR count). The number of carbonyl (C=O) groups excluding carboxylic acids is 2. The molecule has 0 spiro atoms. The summed E-state index contributed by atoms with van der Waals surface area (Å²) in [5, 5.41) is 11.3. The lowest BCUT2D eigenvalue weighted by Crippen LogP contribution is -2.49. The Bertz CT molecular complexity index is 1080. The molecule has 0 radical (unpaired) electrons. The number of anilines is 2. The number of hydrogen-bond donors (Lipinski definition) is 0. The number of amides is 1. The molecule has 2 aromatic carbocycles. The number of benzene rings is 2. The van der Waals surface area contributed by atoms with Crippen molar-refractivity contribution in [2.45, 2.75) is 6.92 Å². The van der Waals surface area contributed by atoms with Gasteiger partial charge in [-0.05, 0) is 31.2 Å². The zero-order valence-corrected chi connectivity index (χ0v) is 19.1. The third-order valence-corrected chi connectivity index (χ3v) is 6.98. The number of halogens is 1. The fraction of sp³-hybridized carbons (Fsp3) is 0.391. The van der Waals surface area contributed by atoms with Crippen LogP contribution in [0.3, 0.4) is 0 Å². The van der Waals surface area contributed by atoms with E-state index in [4.69, 9.17) is 0 Å². The normalized spacial score (nSPS) is 16.6. The number of nitro benzene ring substituents is 1. The lowest BCUT2D eigenvalue weighted by Gasteiger charge is -2.37. The minimum absolute atomic E-state index is 0.111. The molecule has 0 aliphatic carbocycles. The molecule has 0 unspecified atom stereocenters. The number of piperazine rings is 1. The molecule has 0 saturated carbocycles. The van der Waals surface area contributed by atoms with Crippen molar-refractivity contribution in [3.63, 3.8) is 0 Å². The highest BCUT2D eigenvalue weighted by molar-refractivity contribution is 7.99. The maximum Gasteiger partial charge on any atom is 0.270 e. The van der Waals surface area contributed by atoms with Crippen molar-refractivity contribution in [3.8, 4) is 0 Å². The average molecular weight is 473 g/mol. The van der Waals surface area contributed by atoms with Crippen molar-refractivity contribution in [2.75, 3.05) is 60.6 Å². The molecule has 0 aromatic heterocycles. The van der Waals surface area contributed by atoms with Crippen molar-refractivity contribution in [2.24, 2.45) is 0 Å². The van der Waals surface area contributed by atoms with Crippen molar-refractivity contribution in [1.29, 1.82) is 0 Å². The smallest absolute Gasteiger partial charge is 0.270 e.